The van der Waals surface area contributed by atoms with Crippen molar-refractivity contribution in [2.75, 3.05) is 7.11 Å². The summed E-state index contributed by atoms with van der Waals surface area (Å²) in [5.74, 6) is 1.27. The van der Waals surface area contributed by atoms with Crippen molar-refractivity contribution in [1.29, 1.82) is 0 Å². The molecule has 0 unspecified atom stereocenters. The van der Waals surface area contributed by atoms with Crippen LogP contribution in [0.1, 0.15) is 11.5 Å². The summed E-state index contributed by atoms with van der Waals surface area (Å²) in [7, 11) is 1.52. The molecule has 0 N–H and O–H groups in total. The van der Waals surface area contributed by atoms with Crippen molar-refractivity contribution in [2.24, 2.45) is 0 Å². The van der Waals surface area contributed by atoms with E-state index < -0.39 is 11.2 Å². The van der Waals surface area contributed by atoms with E-state index in [2.05, 4.69) is 9.97 Å². The Bertz CT molecular complexity index is 1650. The van der Waals surface area contributed by atoms with Crippen LogP contribution < -0.4 is 16.0 Å². The van der Waals surface area contributed by atoms with Gasteiger partial charge in [0.25, 0.3) is 5.56 Å². The van der Waals surface area contributed by atoms with Crippen molar-refractivity contribution in [3.05, 3.63) is 104 Å². The van der Waals surface area contributed by atoms with Gasteiger partial charge in [-0.05, 0) is 43.3 Å². The van der Waals surface area contributed by atoms with Crippen molar-refractivity contribution in [3.63, 3.8) is 0 Å². The molecule has 34 heavy (non-hydrogen) atoms. The molecule has 0 aliphatic heterocycles. The lowest BCUT2D eigenvalue weighted by molar-refractivity contribution is 0.412. The smallest absolute Gasteiger partial charge is 0.337 e. The summed E-state index contributed by atoms with van der Waals surface area (Å²) in [6.07, 6.45) is 1.54. The molecule has 8 nitrogen and oxygen atoms in total. The van der Waals surface area contributed by atoms with Crippen LogP contribution in [0.2, 0.25) is 5.02 Å². The van der Waals surface area contributed by atoms with Gasteiger partial charge in [0, 0.05) is 6.20 Å². The molecule has 0 radical (unpaired) electrons. The first-order valence-electron chi connectivity index (χ1n) is 10.4. The highest BCUT2D eigenvalue weighted by Gasteiger charge is 2.20. The molecule has 9 heteroatoms. The van der Waals surface area contributed by atoms with E-state index in [1.54, 1.807) is 55.5 Å². The Morgan fingerprint density at radius 1 is 1.03 bits per heavy atom. The standard InChI is InChI=1S/C25H19ClN4O4/c1-15-19(28-23(34-15)16-8-3-4-10-18(16)26)14-29-24(31)17-9-7-13-27-22(17)30(25(29)32)20-11-5-6-12-21(20)33-2/h3-13H,14H2,1-2H3. The molecule has 2 aromatic carbocycles. The molecule has 0 aliphatic carbocycles. The lowest BCUT2D eigenvalue weighted by Gasteiger charge is -2.15. The van der Waals surface area contributed by atoms with E-state index in [0.717, 1.165) is 4.57 Å². The molecule has 0 bridgehead atoms. The van der Waals surface area contributed by atoms with Gasteiger partial charge >= 0.3 is 5.69 Å². The molecule has 3 heterocycles. The second kappa shape index (κ2) is 8.64. The Hall–Kier alpha value is -4.17. The van der Waals surface area contributed by atoms with E-state index in [1.807, 2.05) is 12.1 Å². The fourth-order valence-electron chi connectivity index (χ4n) is 3.83. The number of halogens is 1. The Kier molecular flexibility index (Phi) is 5.51. The second-order valence-electron chi connectivity index (χ2n) is 7.56. The number of aryl methyl sites for hydroxylation is 1. The van der Waals surface area contributed by atoms with Gasteiger partial charge in [-0.15, -0.1) is 0 Å². The molecule has 0 aliphatic rings. The number of benzene rings is 2. The molecule has 5 rings (SSSR count). The second-order valence-corrected chi connectivity index (χ2v) is 7.96. The van der Waals surface area contributed by atoms with Crippen molar-refractivity contribution in [3.8, 4) is 22.9 Å². The first kappa shape index (κ1) is 21.7. The van der Waals surface area contributed by atoms with Crippen molar-refractivity contribution < 1.29 is 9.15 Å². The Morgan fingerprint density at radius 2 is 1.79 bits per heavy atom. The molecule has 170 valence electrons. The van der Waals surface area contributed by atoms with Crippen LogP contribution in [0.3, 0.4) is 0 Å². The number of hydrogen-bond donors (Lipinski definition) is 0. The average Bonchev–Trinajstić information content (AvgIpc) is 3.22. The van der Waals surface area contributed by atoms with Gasteiger partial charge in [-0.25, -0.2) is 19.3 Å². The van der Waals surface area contributed by atoms with Crippen molar-refractivity contribution in [2.45, 2.75) is 13.5 Å². The van der Waals surface area contributed by atoms with Gasteiger partial charge < -0.3 is 9.15 Å². The van der Waals surface area contributed by atoms with E-state index in [1.165, 1.54) is 17.9 Å². The monoisotopic (exact) mass is 474 g/mol. The predicted octanol–water partition coefficient (Wildman–Crippen LogP) is 4.22. The summed E-state index contributed by atoms with van der Waals surface area (Å²) in [6, 6.07) is 17.5. The third-order valence-electron chi connectivity index (χ3n) is 5.53. The van der Waals surface area contributed by atoms with Crippen LogP contribution in [-0.4, -0.2) is 26.2 Å². The molecule has 0 amide bonds. The highest BCUT2D eigenvalue weighted by molar-refractivity contribution is 6.33. The number of methoxy groups -OCH3 is 1. The third kappa shape index (κ3) is 3.58. The highest BCUT2D eigenvalue weighted by Crippen LogP contribution is 2.28. The third-order valence-corrected chi connectivity index (χ3v) is 5.86. The predicted molar refractivity (Wildman–Crippen MR) is 129 cm³/mol. The molecular formula is C25H19ClN4O4. The maximum Gasteiger partial charge on any atom is 0.337 e. The quantitative estimate of drug-likeness (QED) is 0.378. The highest BCUT2D eigenvalue weighted by atomic mass is 35.5. The summed E-state index contributed by atoms with van der Waals surface area (Å²) in [5, 5.41) is 0.781. The molecule has 5 aromatic rings. The molecule has 3 aromatic heterocycles. The largest absolute Gasteiger partial charge is 0.495 e. The van der Waals surface area contributed by atoms with E-state index in [4.69, 9.17) is 20.8 Å². The number of rotatable bonds is 5. The van der Waals surface area contributed by atoms with Crippen molar-refractivity contribution in [1.82, 2.24) is 19.1 Å². The van der Waals surface area contributed by atoms with Gasteiger partial charge in [0.1, 0.15) is 17.2 Å². The number of oxazole rings is 1. The van der Waals surface area contributed by atoms with Gasteiger partial charge in [-0.1, -0.05) is 35.9 Å². The lowest BCUT2D eigenvalue weighted by Crippen LogP contribution is -2.40. The molecule has 0 fully saturated rings. The number of hydrogen-bond acceptors (Lipinski definition) is 6. The molecule has 0 atom stereocenters. The van der Waals surface area contributed by atoms with Crippen LogP contribution in [-0.2, 0) is 6.54 Å². The van der Waals surface area contributed by atoms with Crippen LogP contribution in [0.25, 0.3) is 28.2 Å². The molecule has 0 spiro atoms. The van der Waals surface area contributed by atoms with Crippen LogP contribution in [0.15, 0.2) is 80.9 Å². The first-order valence-corrected chi connectivity index (χ1v) is 10.8. The van der Waals surface area contributed by atoms with E-state index in [0.29, 0.717) is 44.8 Å². The summed E-state index contributed by atoms with van der Waals surface area (Å²) < 4.78 is 13.8. The maximum atomic E-state index is 13.7. The fraction of sp³-hybridized carbons (Fsp3) is 0.120. The van der Waals surface area contributed by atoms with Crippen LogP contribution >= 0.6 is 11.6 Å². The number of para-hydroxylation sites is 2. The van der Waals surface area contributed by atoms with Gasteiger partial charge in [0.05, 0.1) is 35.3 Å². The van der Waals surface area contributed by atoms with Crippen LogP contribution in [0.5, 0.6) is 5.75 Å². The SMILES string of the molecule is COc1ccccc1-n1c(=O)n(Cc2nc(-c3ccccc3Cl)oc2C)c(=O)c2cccnc21. The minimum Gasteiger partial charge on any atom is -0.495 e. The minimum absolute atomic E-state index is 0.0859. The Labute approximate surface area is 198 Å². The number of ether oxygens (including phenoxy) is 1. The summed E-state index contributed by atoms with van der Waals surface area (Å²) in [4.78, 5) is 35.9. The van der Waals surface area contributed by atoms with Gasteiger partial charge in [-0.2, -0.15) is 0 Å². The number of nitrogens with zero attached hydrogens (tertiary/aromatic N) is 4. The summed E-state index contributed by atoms with van der Waals surface area (Å²) in [5.41, 5.74) is 0.750. The van der Waals surface area contributed by atoms with Gasteiger partial charge in [0.2, 0.25) is 5.89 Å². The normalized spacial score (nSPS) is 11.1. The number of aromatic nitrogens is 4. The van der Waals surface area contributed by atoms with Crippen molar-refractivity contribution >= 4 is 22.6 Å². The average molecular weight is 475 g/mol. The Balaban J connectivity index is 1.71. The summed E-state index contributed by atoms with van der Waals surface area (Å²) in [6.45, 7) is 1.65. The Morgan fingerprint density at radius 3 is 2.59 bits per heavy atom. The summed E-state index contributed by atoms with van der Waals surface area (Å²) >= 11 is 6.29. The zero-order valence-electron chi connectivity index (χ0n) is 18.4. The van der Waals surface area contributed by atoms with E-state index >= 15 is 0 Å². The lowest BCUT2D eigenvalue weighted by atomic mass is 10.2. The first-order chi connectivity index (χ1) is 16.5. The van der Waals surface area contributed by atoms with Gasteiger partial charge in [0.15, 0.2) is 5.65 Å². The van der Waals surface area contributed by atoms with Crippen LogP contribution in [0, 0.1) is 6.92 Å². The van der Waals surface area contributed by atoms with E-state index in [-0.39, 0.29) is 12.2 Å². The minimum atomic E-state index is -0.567. The topological polar surface area (TPSA) is 92.1 Å². The molecule has 0 saturated heterocycles. The fourth-order valence-corrected chi connectivity index (χ4v) is 4.05. The maximum absolute atomic E-state index is 13.7. The zero-order valence-corrected chi connectivity index (χ0v) is 19.1. The molecular weight excluding hydrogens is 456 g/mol. The molecule has 0 saturated carbocycles. The number of fused-ring (bicyclic) bond motifs is 1. The van der Waals surface area contributed by atoms with Gasteiger partial charge in [-0.3, -0.25) is 9.36 Å². The van der Waals surface area contributed by atoms with E-state index in [9.17, 15) is 9.59 Å². The number of pyridine rings is 1. The van der Waals surface area contributed by atoms with Crippen LogP contribution in [0.4, 0.5) is 0 Å². The zero-order chi connectivity index (χ0) is 23.8.